The van der Waals surface area contributed by atoms with Crippen LogP contribution in [0, 0.1) is 6.92 Å². The van der Waals surface area contributed by atoms with E-state index in [0.717, 1.165) is 21.4 Å². The molecule has 4 rings (SSSR count). The highest BCUT2D eigenvalue weighted by molar-refractivity contribution is 9.10. The van der Waals surface area contributed by atoms with Crippen molar-refractivity contribution in [2.24, 2.45) is 7.05 Å². The average molecular weight is 444 g/mol. The minimum Gasteiger partial charge on any atom is -0.288 e. The van der Waals surface area contributed by atoms with Crippen LogP contribution in [0.15, 0.2) is 63.9 Å². The van der Waals surface area contributed by atoms with Crippen LogP contribution in [0.1, 0.15) is 16.6 Å². The second kappa shape index (κ2) is 7.05. The van der Waals surface area contributed by atoms with Gasteiger partial charge in [-0.25, -0.2) is 4.68 Å². The highest BCUT2D eigenvalue weighted by Gasteiger charge is 2.38. The number of rotatable bonds is 3. The average Bonchev–Trinajstić information content (AvgIpc) is 3.13. The summed E-state index contributed by atoms with van der Waals surface area (Å²) in [6.07, 6.45) is 0. The van der Waals surface area contributed by atoms with Crippen molar-refractivity contribution in [1.82, 2.24) is 9.36 Å². The van der Waals surface area contributed by atoms with E-state index in [-0.39, 0.29) is 16.8 Å². The Kier molecular flexibility index (Phi) is 4.74. The van der Waals surface area contributed by atoms with Crippen LogP contribution < -0.4 is 10.5 Å². The van der Waals surface area contributed by atoms with Gasteiger partial charge in [0.2, 0.25) is 5.91 Å². The highest BCUT2D eigenvalue weighted by atomic mass is 79.9. The predicted octanol–water partition coefficient (Wildman–Crippen LogP) is 4.03. The molecule has 0 N–H and O–H groups in total. The summed E-state index contributed by atoms with van der Waals surface area (Å²) in [7, 11) is 1.84. The molecule has 0 bridgehead atoms. The largest absolute Gasteiger partial charge is 0.295 e. The Balaban J connectivity index is 1.87. The molecule has 0 radical (unpaired) electrons. The molecular weight excluding hydrogens is 426 g/mol. The third-order valence-electron chi connectivity index (χ3n) is 4.77. The number of thioether (sulfide) groups is 1. The molecule has 1 fully saturated rings. The third kappa shape index (κ3) is 3.04. The number of nitrogens with zero attached hydrogens (tertiary/aromatic N) is 3. The van der Waals surface area contributed by atoms with Gasteiger partial charge in [-0.2, -0.15) is 0 Å². The van der Waals surface area contributed by atoms with Gasteiger partial charge < -0.3 is 0 Å². The lowest BCUT2D eigenvalue weighted by Gasteiger charge is -2.23. The van der Waals surface area contributed by atoms with Crippen LogP contribution in [-0.2, 0) is 11.8 Å². The van der Waals surface area contributed by atoms with Gasteiger partial charge in [-0.05, 0) is 36.8 Å². The van der Waals surface area contributed by atoms with Crippen LogP contribution in [0.5, 0.6) is 0 Å². The molecule has 1 aliphatic heterocycles. The summed E-state index contributed by atoms with van der Waals surface area (Å²) in [5, 5.41) is -0.215. The summed E-state index contributed by atoms with van der Waals surface area (Å²) in [4.78, 5) is 27.7. The van der Waals surface area contributed by atoms with E-state index in [1.807, 2.05) is 68.6 Å². The second-order valence-corrected chi connectivity index (χ2v) is 8.38. The number of para-hydroxylation sites is 1. The maximum Gasteiger partial charge on any atom is 0.295 e. The van der Waals surface area contributed by atoms with Crippen molar-refractivity contribution in [2.45, 2.75) is 12.3 Å². The Bertz CT molecular complexity index is 1070. The van der Waals surface area contributed by atoms with E-state index < -0.39 is 0 Å². The van der Waals surface area contributed by atoms with Gasteiger partial charge in [0, 0.05) is 11.5 Å². The van der Waals surface area contributed by atoms with Gasteiger partial charge in [0.1, 0.15) is 11.1 Å². The molecule has 2 heterocycles. The summed E-state index contributed by atoms with van der Waals surface area (Å²) < 4.78 is 4.37. The van der Waals surface area contributed by atoms with Crippen LogP contribution in [0.3, 0.4) is 0 Å². The quantitative estimate of drug-likeness (QED) is 0.613. The minimum absolute atomic E-state index is 0.0454. The standard InChI is InChI=1S/C20H18BrN3O2S/c1-13-18(19(26)24(22(13)2)16-9-4-3-5-10-16)23-17(25)12-27-20(23)14-7-6-8-15(21)11-14/h3-11,20H,12H2,1-2H3/t20-/m0/s1. The monoisotopic (exact) mass is 443 g/mol. The first kappa shape index (κ1) is 18.1. The van der Waals surface area contributed by atoms with Crippen molar-refractivity contribution in [3.05, 3.63) is 80.7 Å². The van der Waals surface area contributed by atoms with Crippen molar-refractivity contribution in [2.75, 3.05) is 10.7 Å². The molecule has 2 aromatic carbocycles. The lowest BCUT2D eigenvalue weighted by atomic mass is 10.2. The molecule has 1 aliphatic rings. The molecule has 0 unspecified atom stereocenters. The van der Waals surface area contributed by atoms with Crippen molar-refractivity contribution >= 4 is 39.3 Å². The number of aromatic nitrogens is 2. The number of benzene rings is 2. The molecule has 7 heteroatoms. The van der Waals surface area contributed by atoms with Gasteiger partial charge in [0.25, 0.3) is 5.56 Å². The number of halogens is 1. The summed E-state index contributed by atoms with van der Waals surface area (Å²) in [5.41, 5.74) is 2.80. The van der Waals surface area contributed by atoms with Crippen molar-refractivity contribution in [1.29, 1.82) is 0 Å². The van der Waals surface area contributed by atoms with Crippen LogP contribution in [0.4, 0.5) is 5.69 Å². The Hall–Kier alpha value is -2.25. The molecule has 0 saturated carbocycles. The zero-order chi connectivity index (χ0) is 19.1. The van der Waals surface area contributed by atoms with E-state index in [4.69, 9.17) is 0 Å². The van der Waals surface area contributed by atoms with Gasteiger partial charge in [-0.15, -0.1) is 11.8 Å². The first-order chi connectivity index (χ1) is 13.0. The molecule has 5 nitrogen and oxygen atoms in total. The second-order valence-electron chi connectivity index (χ2n) is 6.39. The highest BCUT2D eigenvalue weighted by Crippen LogP contribution is 2.42. The van der Waals surface area contributed by atoms with E-state index in [2.05, 4.69) is 15.9 Å². The molecular formula is C20H18BrN3O2S. The van der Waals surface area contributed by atoms with Gasteiger partial charge in [0.15, 0.2) is 0 Å². The molecule has 27 heavy (non-hydrogen) atoms. The van der Waals surface area contributed by atoms with E-state index >= 15 is 0 Å². The zero-order valence-corrected chi connectivity index (χ0v) is 17.3. The smallest absolute Gasteiger partial charge is 0.288 e. The predicted molar refractivity (Wildman–Crippen MR) is 113 cm³/mol. The first-order valence-electron chi connectivity index (χ1n) is 8.52. The lowest BCUT2D eigenvalue weighted by molar-refractivity contribution is -0.115. The molecule has 1 aromatic heterocycles. The SMILES string of the molecule is Cc1c(N2C(=O)CS[C@H]2c2cccc(Br)c2)c(=O)n(-c2ccccc2)n1C. The maximum absolute atomic E-state index is 13.3. The Labute approximate surface area is 169 Å². The minimum atomic E-state index is -0.215. The molecule has 138 valence electrons. The molecule has 0 aliphatic carbocycles. The fourth-order valence-electron chi connectivity index (χ4n) is 3.40. The van der Waals surface area contributed by atoms with Gasteiger partial charge >= 0.3 is 0 Å². The molecule has 0 spiro atoms. The van der Waals surface area contributed by atoms with Gasteiger partial charge in [-0.3, -0.25) is 19.2 Å². The fraction of sp³-hybridized carbons (Fsp3) is 0.200. The molecule has 3 aromatic rings. The molecule has 1 amide bonds. The number of anilines is 1. The molecule has 1 saturated heterocycles. The summed E-state index contributed by atoms with van der Waals surface area (Å²) in [5.74, 6) is 0.312. The lowest BCUT2D eigenvalue weighted by Crippen LogP contribution is -2.33. The van der Waals surface area contributed by atoms with Crippen molar-refractivity contribution < 1.29 is 4.79 Å². The summed E-state index contributed by atoms with van der Waals surface area (Å²) in [6, 6.07) is 17.4. The van der Waals surface area contributed by atoms with Crippen LogP contribution in [0.2, 0.25) is 0 Å². The Morgan fingerprint density at radius 2 is 1.81 bits per heavy atom. The summed E-state index contributed by atoms with van der Waals surface area (Å²) in [6.45, 7) is 1.88. The van der Waals surface area contributed by atoms with E-state index in [1.54, 1.807) is 26.0 Å². The first-order valence-corrected chi connectivity index (χ1v) is 10.4. The number of amides is 1. The number of carbonyl (C=O) groups excluding carboxylic acids is 1. The Morgan fingerprint density at radius 3 is 2.52 bits per heavy atom. The Morgan fingerprint density at radius 1 is 1.07 bits per heavy atom. The van der Waals surface area contributed by atoms with E-state index in [0.29, 0.717) is 11.4 Å². The number of carbonyl (C=O) groups is 1. The third-order valence-corrected chi connectivity index (χ3v) is 6.47. The van der Waals surface area contributed by atoms with Gasteiger partial charge in [-0.1, -0.05) is 46.3 Å². The summed E-state index contributed by atoms with van der Waals surface area (Å²) >= 11 is 5.03. The maximum atomic E-state index is 13.3. The molecule has 1 atom stereocenters. The van der Waals surface area contributed by atoms with E-state index in [1.165, 1.54) is 0 Å². The van der Waals surface area contributed by atoms with E-state index in [9.17, 15) is 9.59 Å². The van der Waals surface area contributed by atoms with Crippen LogP contribution >= 0.6 is 27.7 Å². The normalized spacial score (nSPS) is 16.9. The van der Waals surface area contributed by atoms with Crippen molar-refractivity contribution in [3.63, 3.8) is 0 Å². The van der Waals surface area contributed by atoms with Crippen LogP contribution in [-0.4, -0.2) is 21.0 Å². The fourth-order valence-corrected chi connectivity index (χ4v) is 4.97. The zero-order valence-electron chi connectivity index (χ0n) is 14.9. The topological polar surface area (TPSA) is 47.2 Å². The number of hydrogen-bond acceptors (Lipinski definition) is 3. The van der Waals surface area contributed by atoms with Gasteiger partial charge in [0.05, 0.1) is 17.1 Å². The van der Waals surface area contributed by atoms with Crippen LogP contribution in [0.25, 0.3) is 5.69 Å². The van der Waals surface area contributed by atoms with Crippen molar-refractivity contribution in [3.8, 4) is 5.69 Å². The number of hydrogen-bond donors (Lipinski definition) is 0.